The molecule has 1 spiro atoms. The summed E-state index contributed by atoms with van der Waals surface area (Å²) < 4.78 is 15.8. The van der Waals surface area contributed by atoms with Crippen molar-refractivity contribution in [1.82, 2.24) is 29.8 Å². The lowest BCUT2D eigenvalue weighted by atomic mass is 9.78. The maximum atomic E-state index is 14.6. The number of rotatable bonds is 3. The minimum atomic E-state index is -0.566. The highest BCUT2D eigenvalue weighted by Crippen LogP contribution is 2.39. The molecule has 0 saturated carbocycles. The van der Waals surface area contributed by atoms with Gasteiger partial charge in [0.1, 0.15) is 11.5 Å². The largest absolute Gasteiger partial charge is 0.348 e. The van der Waals surface area contributed by atoms with E-state index >= 15 is 0 Å². The summed E-state index contributed by atoms with van der Waals surface area (Å²) in [6.07, 6.45) is 3.22. The second-order valence-corrected chi connectivity index (χ2v) is 9.26. The van der Waals surface area contributed by atoms with E-state index < -0.39 is 11.5 Å². The van der Waals surface area contributed by atoms with Gasteiger partial charge in [-0.25, -0.2) is 23.7 Å². The molecule has 0 radical (unpaired) electrons. The van der Waals surface area contributed by atoms with Crippen molar-refractivity contribution in [2.24, 2.45) is 5.41 Å². The Morgan fingerprint density at radius 1 is 1.22 bits per heavy atom. The Morgan fingerprint density at radius 3 is 2.78 bits per heavy atom. The molecule has 0 bridgehead atoms. The molecule has 2 fully saturated rings. The van der Waals surface area contributed by atoms with E-state index in [-0.39, 0.29) is 39.3 Å². The SMILES string of the molecule is O=C(c1cc(Cc2n[nH]c(=O)n3c(Cl)c(Cl)nc23)ccc1F)N1CCC2(CCNCC2)C1. The molecule has 1 amide bonds. The fraction of sp³-hybridized carbons (Fsp3) is 0.429. The van der Waals surface area contributed by atoms with E-state index in [4.69, 9.17) is 23.2 Å². The van der Waals surface area contributed by atoms with Crippen LogP contribution in [0.3, 0.4) is 0 Å². The lowest BCUT2D eigenvalue weighted by Crippen LogP contribution is -2.39. The Labute approximate surface area is 192 Å². The van der Waals surface area contributed by atoms with Crippen LogP contribution in [0.15, 0.2) is 23.0 Å². The highest BCUT2D eigenvalue weighted by Gasteiger charge is 2.41. The molecule has 2 N–H and O–H groups in total. The third-order valence-corrected chi connectivity index (χ3v) is 7.26. The summed E-state index contributed by atoms with van der Waals surface area (Å²) in [6, 6.07) is 4.41. The van der Waals surface area contributed by atoms with Crippen LogP contribution < -0.4 is 11.0 Å². The molecule has 0 atom stereocenters. The van der Waals surface area contributed by atoms with Gasteiger partial charge in [-0.2, -0.15) is 5.10 Å². The number of benzene rings is 1. The van der Waals surface area contributed by atoms with Crippen LogP contribution in [0.2, 0.25) is 10.3 Å². The zero-order valence-electron chi connectivity index (χ0n) is 17.1. The maximum absolute atomic E-state index is 14.6. The van der Waals surface area contributed by atoms with Crippen molar-refractivity contribution in [2.75, 3.05) is 26.2 Å². The van der Waals surface area contributed by atoms with E-state index in [1.165, 1.54) is 6.07 Å². The van der Waals surface area contributed by atoms with Crippen LogP contribution in [-0.2, 0) is 6.42 Å². The van der Waals surface area contributed by atoms with Gasteiger partial charge < -0.3 is 10.2 Å². The number of imidazole rings is 1. The topological polar surface area (TPSA) is 95.4 Å². The van der Waals surface area contributed by atoms with Crippen LogP contribution in [0.25, 0.3) is 5.65 Å². The van der Waals surface area contributed by atoms with Crippen LogP contribution in [0.4, 0.5) is 4.39 Å². The van der Waals surface area contributed by atoms with Crippen LogP contribution in [0.1, 0.15) is 40.9 Å². The van der Waals surface area contributed by atoms with Gasteiger partial charge in [-0.1, -0.05) is 29.3 Å². The summed E-state index contributed by atoms with van der Waals surface area (Å²) in [5, 5.41) is 9.75. The summed E-state index contributed by atoms with van der Waals surface area (Å²) in [7, 11) is 0. The Kier molecular flexibility index (Phi) is 5.43. The molecule has 4 heterocycles. The fourth-order valence-corrected chi connectivity index (χ4v) is 5.13. The summed E-state index contributed by atoms with van der Waals surface area (Å²) in [5.74, 6) is -0.859. The molecular formula is C21H21Cl2FN6O2. The third-order valence-electron chi connectivity index (χ3n) is 6.55. The number of halogens is 3. The van der Waals surface area contributed by atoms with Gasteiger partial charge in [0, 0.05) is 19.5 Å². The second-order valence-electron chi connectivity index (χ2n) is 8.55. The molecule has 5 rings (SSSR count). The summed E-state index contributed by atoms with van der Waals surface area (Å²) >= 11 is 12.0. The number of H-pyrrole nitrogens is 1. The molecule has 1 aromatic carbocycles. The molecule has 8 nitrogen and oxygen atoms in total. The number of hydrogen-bond acceptors (Lipinski definition) is 5. The van der Waals surface area contributed by atoms with E-state index in [9.17, 15) is 14.0 Å². The minimum absolute atomic E-state index is 0.0117. The summed E-state index contributed by atoms with van der Waals surface area (Å²) in [5.41, 5.74) is 0.880. The smallest absolute Gasteiger partial charge is 0.338 e. The first-order chi connectivity index (χ1) is 15.4. The Balaban J connectivity index is 1.42. The number of piperidine rings is 1. The number of nitrogens with zero attached hydrogens (tertiary/aromatic N) is 4. The van der Waals surface area contributed by atoms with Crippen molar-refractivity contribution in [3.8, 4) is 0 Å². The van der Waals surface area contributed by atoms with E-state index in [2.05, 4.69) is 20.5 Å². The monoisotopic (exact) mass is 478 g/mol. The summed E-state index contributed by atoms with van der Waals surface area (Å²) in [4.78, 5) is 31.1. The molecule has 2 aromatic heterocycles. The van der Waals surface area contributed by atoms with Crippen LogP contribution >= 0.6 is 23.2 Å². The van der Waals surface area contributed by atoms with Gasteiger partial charge in [0.2, 0.25) is 0 Å². The number of hydrogen-bond donors (Lipinski definition) is 2. The van der Waals surface area contributed by atoms with Gasteiger partial charge in [0.25, 0.3) is 5.91 Å². The molecule has 11 heteroatoms. The van der Waals surface area contributed by atoms with Gasteiger partial charge in [-0.05, 0) is 55.5 Å². The maximum Gasteiger partial charge on any atom is 0.348 e. The molecule has 0 aliphatic carbocycles. The molecule has 2 saturated heterocycles. The average molecular weight is 479 g/mol. The fourth-order valence-electron chi connectivity index (χ4n) is 4.77. The van der Waals surface area contributed by atoms with Crippen molar-refractivity contribution >= 4 is 34.8 Å². The van der Waals surface area contributed by atoms with E-state index in [1.54, 1.807) is 17.0 Å². The zero-order chi connectivity index (χ0) is 22.5. The molecule has 168 valence electrons. The highest BCUT2D eigenvalue weighted by atomic mass is 35.5. The van der Waals surface area contributed by atoms with Crippen molar-refractivity contribution in [3.63, 3.8) is 0 Å². The number of aromatic amines is 1. The number of fused-ring (bicyclic) bond motifs is 1. The van der Waals surface area contributed by atoms with Crippen molar-refractivity contribution in [3.05, 3.63) is 61.6 Å². The van der Waals surface area contributed by atoms with E-state index in [0.29, 0.717) is 24.3 Å². The molecule has 0 unspecified atom stereocenters. The zero-order valence-corrected chi connectivity index (χ0v) is 18.6. The Bertz CT molecular complexity index is 1270. The van der Waals surface area contributed by atoms with Gasteiger partial charge in [-0.3, -0.25) is 4.79 Å². The molecule has 32 heavy (non-hydrogen) atoms. The van der Waals surface area contributed by atoms with E-state index in [1.807, 2.05) is 0 Å². The van der Waals surface area contributed by atoms with Crippen molar-refractivity contribution in [1.29, 1.82) is 0 Å². The van der Waals surface area contributed by atoms with Crippen molar-refractivity contribution in [2.45, 2.75) is 25.7 Å². The first-order valence-electron chi connectivity index (χ1n) is 10.5. The average Bonchev–Trinajstić information content (AvgIpc) is 3.33. The van der Waals surface area contributed by atoms with Gasteiger partial charge in [0.05, 0.1) is 5.56 Å². The van der Waals surface area contributed by atoms with Gasteiger partial charge in [-0.15, -0.1) is 0 Å². The Hall–Kier alpha value is -2.49. The minimum Gasteiger partial charge on any atom is -0.338 e. The number of aromatic nitrogens is 4. The van der Waals surface area contributed by atoms with Crippen LogP contribution in [0, 0.1) is 11.2 Å². The third kappa shape index (κ3) is 3.68. The second kappa shape index (κ2) is 8.13. The lowest BCUT2D eigenvalue weighted by Gasteiger charge is -2.33. The summed E-state index contributed by atoms with van der Waals surface area (Å²) in [6.45, 7) is 3.20. The normalized spacial score (nSPS) is 18.0. The highest BCUT2D eigenvalue weighted by molar-refractivity contribution is 6.40. The van der Waals surface area contributed by atoms with Gasteiger partial charge >= 0.3 is 5.69 Å². The van der Waals surface area contributed by atoms with Gasteiger partial charge in [0.15, 0.2) is 16.0 Å². The number of likely N-dealkylation sites (tertiary alicyclic amines) is 1. The van der Waals surface area contributed by atoms with Crippen LogP contribution in [0.5, 0.6) is 0 Å². The number of carbonyl (C=O) groups is 1. The number of amides is 1. The molecule has 3 aromatic rings. The molecule has 2 aliphatic heterocycles. The molecule has 2 aliphatic rings. The number of carbonyl (C=O) groups excluding carboxylic acids is 1. The van der Waals surface area contributed by atoms with Crippen LogP contribution in [-0.4, -0.2) is 56.6 Å². The predicted octanol–water partition coefficient (Wildman–Crippen LogP) is 2.67. The standard InChI is InChI=1S/C21H21Cl2FN6O2/c22-16-17(23)30-18(26-16)15(27-28-20(30)32)10-12-1-2-14(24)13(9-12)19(31)29-8-5-21(11-29)3-6-25-7-4-21/h1-2,9,25H,3-8,10-11H2,(H,28,32). The quantitative estimate of drug-likeness (QED) is 0.603. The lowest BCUT2D eigenvalue weighted by molar-refractivity contribution is 0.0757. The predicted molar refractivity (Wildman–Crippen MR) is 118 cm³/mol. The first kappa shape index (κ1) is 21.4. The van der Waals surface area contributed by atoms with E-state index in [0.717, 1.165) is 36.8 Å². The van der Waals surface area contributed by atoms with Crippen molar-refractivity contribution < 1.29 is 9.18 Å². The Morgan fingerprint density at radius 2 is 2.00 bits per heavy atom. The molecular weight excluding hydrogens is 458 g/mol. The first-order valence-corrected chi connectivity index (χ1v) is 11.2. The number of nitrogens with one attached hydrogen (secondary N) is 2.